The number of nitrogens with one attached hydrogen (secondary N) is 2. The molecule has 0 bridgehead atoms. The van der Waals surface area contributed by atoms with E-state index < -0.39 is 34.9 Å². The third-order valence-electron chi connectivity index (χ3n) is 4.87. The Hall–Kier alpha value is -2.55. The summed E-state index contributed by atoms with van der Waals surface area (Å²) in [7, 11) is 0. The summed E-state index contributed by atoms with van der Waals surface area (Å²) in [5, 5.41) is 4.65. The van der Waals surface area contributed by atoms with E-state index in [0.717, 1.165) is 0 Å². The quantitative estimate of drug-likeness (QED) is 0.721. The fourth-order valence-electron chi connectivity index (χ4n) is 3.47. The van der Waals surface area contributed by atoms with Crippen molar-refractivity contribution >= 4 is 35.6 Å². The predicted molar refractivity (Wildman–Crippen MR) is 103 cm³/mol. The number of rotatable bonds is 5. The van der Waals surface area contributed by atoms with Gasteiger partial charge in [0, 0.05) is 24.3 Å². The molecule has 150 valence electrons. The van der Waals surface area contributed by atoms with Crippen molar-refractivity contribution in [2.45, 2.75) is 43.7 Å². The van der Waals surface area contributed by atoms with Crippen LogP contribution in [0.4, 0.5) is 4.79 Å². The minimum atomic E-state index is -1.29. The number of thioether (sulfide) groups is 1. The number of benzene rings is 1. The van der Waals surface area contributed by atoms with Gasteiger partial charge in [-0.25, -0.2) is 9.59 Å². The van der Waals surface area contributed by atoms with Crippen LogP contribution in [-0.2, 0) is 19.1 Å². The number of carbonyl (C=O) groups excluding carboxylic acids is 4. The van der Waals surface area contributed by atoms with Crippen LogP contribution in [0.5, 0.6) is 0 Å². The van der Waals surface area contributed by atoms with Crippen molar-refractivity contribution in [3.05, 3.63) is 35.9 Å². The number of fused-ring (bicyclic) bond motifs is 1. The number of carbonyl (C=O) groups is 4. The molecule has 9 heteroatoms. The van der Waals surface area contributed by atoms with Gasteiger partial charge in [-0.3, -0.25) is 14.9 Å². The second-order valence-corrected chi connectivity index (χ2v) is 8.34. The molecule has 3 atom stereocenters. The average Bonchev–Trinajstić information content (AvgIpc) is 3.16. The molecule has 0 saturated carbocycles. The number of nitrogens with zero attached hydrogens (tertiary/aromatic N) is 1. The van der Waals surface area contributed by atoms with Gasteiger partial charge >= 0.3 is 12.0 Å². The van der Waals surface area contributed by atoms with Crippen LogP contribution in [0.1, 0.15) is 38.4 Å². The van der Waals surface area contributed by atoms with Crippen molar-refractivity contribution < 1.29 is 23.9 Å². The third-order valence-corrected chi connectivity index (χ3v) is 6.37. The maximum Gasteiger partial charge on any atom is 0.330 e. The Bertz CT molecular complexity index is 787. The number of amides is 4. The highest BCUT2D eigenvalue weighted by molar-refractivity contribution is 8.01. The van der Waals surface area contributed by atoms with Gasteiger partial charge in [-0.1, -0.05) is 30.3 Å². The van der Waals surface area contributed by atoms with E-state index in [0.29, 0.717) is 30.7 Å². The monoisotopic (exact) mass is 405 g/mol. The molecule has 2 fully saturated rings. The van der Waals surface area contributed by atoms with Crippen LogP contribution >= 0.6 is 11.8 Å². The highest BCUT2D eigenvalue weighted by Gasteiger charge is 2.54. The molecule has 0 aromatic heterocycles. The molecule has 0 radical (unpaired) electrons. The van der Waals surface area contributed by atoms with Gasteiger partial charge in [0.05, 0.1) is 4.87 Å². The fourth-order valence-corrected chi connectivity index (χ4v) is 4.89. The fraction of sp³-hybridized carbons (Fsp3) is 0.474. The number of ether oxygens (including phenoxy) is 1. The molecule has 1 aromatic carbocycles. The first-order valence-electron chi connectivity index (χ1n) is 9.16. The van der Waals surface area contributed by atoms with Crippen LogP contribution < -0.4 is 10.6 Å². The van der Waals surface area contributed by atoms with E-state index in [1.54, 1.807) is 53.9 Å². The number of hydrogen-bond acceptors (Lipinski definition) is 6. The Labute approximate surface area is 167 Å². The zero-order chi connectivity index (χ0) is 20.3. The highest BCUT2D eigenvalue weighted by atomic mass is 32.2. The molecule has 0 aliphatic carbocycles. The van der Waals surface area contributed by atoms with Crippen molar-refractivity contribution in [1.82, 2.24) is 15.5 Å². The lowest BCUT2D eigenvalue weighted by molar-refractivity contribution is -0.162. The molecule has 1 aromatic rings. The summed E-state index contributed by atoms with van der Waals surface area (Å²) in [4.78, 5) is 50.6. The van der Waals surface area contributed by atoms with Gasteiger partial charge in [0.2, 0.25) is 12.0 Å². The summed E-state index contributed by atoms with van der Waals surface area (Å²) < 4.78 is 5.52. The molecule has 28 heavy (non-hydrogen) atoms. The van der Waals surface area contributed by atoms with Crippen LogP contribution in [0.25, 0.3) is 0 Å². The molecular weight excluding hydrogens is 382 g/mol. The SMILES string of the molecule is CCNC(=O)NC(=O)[C@H](OC(=O)[C@H]1CS[C@@]2(C)CCC(=O)N12)c1ccccc1. The van der Waals surface area contributed by atoms with Crippen LogP contribution in [0.15, 0.2) is 30.3 Å². The predicted octanol–water partition coefficient (Wildman–Crippen LogP) is 1.57. The molecule has 8 nitrogen and oxygen atoms in total. The minimum Gasteiger partial charge on any atom is -0.446 e. The molecule has 4 amide bonds. The number of imide groups is 1. The standard InChI is InChI=1S/C19H23N3O5S/c1-3-20-18(26)21-16(24)15(12-7-5-4-6-8-12)27-17(25)13-11-28-19(2)10-9-14(23)22(13)19/h4-8,13,15H,3,9-11H2,1-2H3,(H2,20,21,24,26)/t13-,15-,19+/m1/s1. The van der Waals surface area contributed by atoms with E-state index in [2.05, 4.69) is 10.6 Å². The molecule has 2 N–H and O–H groups in total. The van der Waals surface area contributed by atoms with E-state index in [9.17, 15) is 19.2 Å². The number of urea groups is 1. The van der Waals surface area contributed by atoms with Gasteiger partial charge < -0.3 is 15.0 Å². The van der Waals surface area contributed by atoms with Crippen LogP contribution in [0, 0.1) is 0 Å². The van der Waals surface area contributed by atoms with Crippen molar-refractivity contribution in [3.63, 3.8) is 0 Å². The van der Waals surface area contributed by atoms with E-state index in [1.807, 2.05) is 6.92 Å². The van der Waals surface area contributed by atoms with E-state index in [4.69, 9.17) is 4.74 Å². The molecule has 2 aliphatic rings. The van der Waals surface area contributed by atoms with Gasteiger partial charge in [0.1, 0.15) is 6.04 Å². The lowest BCUT2D eigenvalue weighted by Gasteiger charge is -2.30. The summed E-state index contributed by atoms with van der Waals surface area (Å²) in [5.74, 6) is -1.06. The molecule has 2 aliphatic heterocycles. The second kappa shape index (κ2) is 8.22. The smallest absolute Gasteiger partial charge is 0.330 e. The Morgan fingerprint density at radius 2 is 2.04 bits per heavy atom. The van der Waals surface area contributed by atoms with Crippen LogP contribution in [-0.4, -0.2) is 51.9 Å². The lowest BCUT2D eigenvalue weighted by atomic mass is 10.1. The molecule has 0 spiro atoms. The van der Waals surface area contributed by atoms with Gasteiger partial charge in [-0.2, -0.15) is 0 Å². The van der Waals surface area contributed by atoms with Gasteiger partial charge in [-0.15, -0.1) is 11.8 Å². The minimum absolute atomic E-state index is 0.0857. The maximum absolute atomic E-state index is 12.9. The highest BCUT2D eigenvalue weighted by Crippen LogP contribution is 2.47. The molecule has 2 saturated heterocycles. The van der Waals surface area contributed by atoms with Crippen molar-refractivity contribution in [2.24, 2.45) is 0 Å². The van der Waals surface area contributed by atoms with Crippen LogP contribution in [0.3, 0.4) is 0 Å². The van der Waals surface area contributed by atoms with Gasteiger partial charge in [0.15, 0.2) is 0 Å². The molecule has 0 unspecified atom stereocenters. The van der Waals surface area contributed by atoms with E-state index >= 15 is 0 Å². The number of esters is 1. The maximum atomic E-state index is 12.9. The Morgan fingerprint density at radius 1 is 1.32 bits per heavy atom. The first-order chi connectivity index (χ1) is 13.4. The summed E-state index contributed by atoms with van der Waals surface area (Å²) in [6.07, 6.45) is -0.210. The molecular formula is C19H23N3O5S. The van der Waals surface area contributed by atoms with E-state index in [1.165, 1.54) is 0 Å². The summed E-state index contributed by atoms with van der Waals surface area (Å²) in [5.41, 5.74) is 0.443. The van der Waals surface area contributed by atoms with Crippen molar-refractivity contribution in [2.75, 3.05) is 12.3 Å². The largest absolute Gasteiger partial charge is 0.446 e. The summed E-state index contributed by atoms with van der Waals surface area (Å²) in [6.45, 7) is 4.01. The first-order valence-corrected chi connectivity index (χ1v) is 10.1. The van der Waals surface area contributed by atoms with Crippen molar-refractivity contribution in [3.8, 4) is 0 Å². The summed E-state index contributed by atoms with van der Waals surface area (Å²) >= 11 is 1.54. The Morgan fingerprint density at radius 3 is 2.71 bits per heavy atom. The average molecular weight is 405 g/mol. The topological polar surface area (TPSA) is 105 Å². The third kappa shape index (κ3) is 3.99. The summed E-state index contributed by atoms with van der Waals surface area (Å²) in [6, 6.07) is 7.07. The van der Waals surface area contributed by atoms with Gasteiger partial charge in [0.25, 0.3) is 5.91 Å². The van der Waals surface area contributed by atoms with Crippen molar-refractivity contribution in [1.29, 1.82) is 0 Å². The zero-order valence-corrected chi connectivity index (χ0v) is 16.6. The number of hydrogen-bond donors (Lipinski definition) is 2. The second-order valence-electron chi connectivity index (χ2n) is 6.84. The normalized spacial score (nSPS) is 24.4. The lowest BCUT2D eigenvalue weighted by Crippen LogP contribution is -2.48. The van der Waals surface area contributed by atoms with Gasteiger partial charge in [-0.05, 0) is 20.3 Å². The zero-order valence-electron chi connectivity index (χ0n) is 15.8. The Kier molecular flexibility index (Phi) is 5.93. The molecule has 2 heterocycles. The first kappa shape index (κ1) is 20.2. The van der Waals surface area contributed by atoms with Crippen LogP contribution in [0.2, 0.25) is 0 Å². The molecule has 3 rings (SSSR count). The Balaban J connectivity index is 1.78. The van der Waals surface area contributed by atoms with E-state index in [-0.39, 0.29) is 5.91 Å².